The van der Waals surface area contributed by atoms with Gasteiger partial charge in [-0.15, -0.1) is 11.6 Å². The van der Waals surface area contributed by atoms with Crippen LogP contribution in [-0.4, -0.2) is 6.10 Å². The summed E-state index contributed by atoms with van der Waals surface area (Å²) in [5.41, 5.74) is 3.67. The van der Waals surface area contributed by atoms with Gasteiger partial charge in [-0.1, -0.05) is 42.0 Å². The molecule has 0 aliphatic heterocycles. The summed E-state index contributed by atoms with van der Waals surface area (Å²) in [5.74, 6) is 1.49. The van der Waals surface area contributed by atoms with Gasteiger partial charge in [-0.05, 0) is 37.1 Å². The fraction of sp³-hybridized carbons (Fsp3) is 0.294. The average molecular weight is 275 g/mol. The molecule has 0 aliphatic carbocycles. The summed E-state index contributed by atoms with van der Waals surface area (Å²) >= 11 is 5.78. The number of aryl methyl sites for hydroxylation is 1. The van der Waals surface area contributed by atoms with E-state index in [0.717, 1.165) is 17.7 Å². The van der Waals surface area contributed by atoms with Gasteiger partial charge < -0.3 is 4.74 Å². The summed E-state index contributed by atoms with van der Waals surface area (Å²) in [6.07, 6.45) is 1.06. The third kappa shape index (κ3) is 4.29. The molecule has 0 heterocycles. The first-order valence-electron chi connectivity index (χ1n) is 6.54. The van der Waals surface area contributed by atoms with Crippen LogP contribution in [0.2, 0.25) is 0 Å². The highest BCUT2D eigenvalue weighted by molar-refractivity contribution is 6.17. The smallest absolute Gasteiger partial charge is 0.119 e. The highest BCUT2D eigenvalue weighted by Gasteiger charge is 2.05. The lowest BCUT2D eigenvalue weighted by Crippen LogP contribution is -2.15. The van der Waals surface area contributed by atoms with Crippen LogP contribution in [0.3, 0.4) is 0 Å². The van der Waals surface area contributed by atoms with Gasteiger partial charge in [0.2, 0.25) is 0 Å². The van der Waals surface area contributed by atoms with Crippen molar-refractivity contribution in [1.82, 2.24) is 0 Å². The normalized spacial score (nSPS) is 12.2. The lowest BCUT2D eigenvalue weighted by Gasteiger charge is -2.15. The summed E-state index contributed by atoms with van der Waals surface area (Å²) in [7, 11) is 0. The second-order valence-corrected chi connectivity index (χ2v) is 5.16. The standard InChI is InChI=1S/C17H19ClO/c1-13-3-9-17(10-4-13)19-14(2)11-15-5-7-16(12-18)8-6-15/h3-10,14H,11-12H2,1-2H3. The molecule has 2 heteroatoms. The molecule has 0 spiro atoms. The number of rotatable bonds is 5. The van der Waals surface area contributed by atoms with Crippen LogP contribution >= 0.6 is 11.6 Å². The van der Waals surface area contributed by atoms with Crippen LogP contribution in [0.1, 0.15) is 23.6 Å². The van der Waals surface area contributed by atoms with Crippen molar-refractivity contribution < 1.29 is 4.74 Å². The number of hydrogen-bond acceptors (Lipinski definition) is 1. The highest BCUT2D eigenvalue weighted by Crippen LogP contribution is 2.16. The van der Waals surface area contributed by atoms with Gasteiger partial charge in [-0.3, -0.25) is 0 Å². The molecule has 1 unspecified atom stereocenters. The third-order valence-electron chi connectivity index (χ3n) is 3.06. The van der Waals surface area contributed by atoms with Crippen LogP contribution in [0.5, 0.6) is 5.75 Å². The molecule has 1 nitrogen and oxygen atoms in total. The molecule has 0 fully saturated rings. The average Bonchev–Trinajstić information content (AvgIpc) is 2.42. The molecular formula is C17H19ClO. The summed E-state index contributed by atoms with van der Waals surface area (Å²) in [5, 5.41) is 0. The molecule has 2 aromatic carbocycles. The molecule has 0 saturated heterocycles. The van der Waals surface area contributed by atoms with Crippen molar-refractivity contribution in [2.75, 3.05) is 0 Å². The Labute approximate surface area is 120 Å². The second-order valence-electron chi connectivity index (χ2n) is 4.90. The summed E-state index contributed by atoms with van der Waals surface area (Å²) in [4.78, 5) is 0. The Morgan fingerprint density at radius 1 is 0.947 bits per heavy atom. The molecule has 0 aliphatic rings. The maximum Gasteiger partial charge on any atom is 0.119 e. The maximum absolute atomic E-state index is 5.90. The van der Waals surface area contributed by atoms with E-state index in [0.29, 0.717) is 5.88 Å². The van der Waals surface area contributed by atoms with E-state index in [-0.39, 0.29) is 6.10 Å². The van der Waals surface area contributed by atoms with Crippen LogP contribution < -0.4 is 4.74 Å². The molecule has 0 N–H and O–H groups in total. The van der Waals surface area contributed by atoms with Crippen molar-refractivity contribution in [2.24, 2.45) is 0 Å². The van der Waals surface area contributed by atoms with Gasteiger partial charge in [0.05, 0.1) is 6.10 Å². The Morgan fingerprint density at radius 3 is 2.11 bits per heavy atom. The molecule has 1 atom stereocenters. The zero-order valence-electron chi connectivity index (χ0n) is 11.4. The SMILES string of the molecule is Cc1ccc(OC(C)Cc2ccc(CCl)cc2)cc1. The third-order valence-corrected chi connectivity index (χ3v) is 3.37. The monoisotopic (exact) mass is 274 g/mol. The zero-order chi connectivity index (χ0) is 13.7. The first-order valence-corrected chi connectivity index (χ1v) is 7.08. The van der Waals surface area contributed by atoms with E-state index >= 15 is 0 Å². The van der Waals surface area contributed by atoms with E-state index in [2.05, 4.69) is 50.2 Å². The Kier molecular flexibility index (Phi) is 4.86. The lowest BCUT2D eigenvalue weighted by atomic mass is 10.1. The van der Waals surface area contributed by atoms with E-state index in [1.54, 1.807) is 0 Å². The fourth-order valence-electron chi connectivity index (χ4n) is 1.99. The summed E-state index contributed by atoms with van der Waals surface area (Å²) in [6, 6.07) is 16.5. The van der Waals surface area contributed by atoms with Crippen molar-refractivity contribution in [3.63, 3.8) is 0 Å². The minimum atomic E-state index is 0.157. The topological polar surface area (TPSA) is 9.23 Å². The van der Waals surface area contributed by atoms with Crippen molar-refractivity contribution in [3.05, 3.63) is 65.2 Å². The van der Waals surface area contributed by atoms with E-state index < -0.39 is 0 Å². The highest BCUT2D eigenvalue weighted by atomic mass is 35.5. The Hall–Kier alpha value is -1.47. The molecule has 2 aromatic rings. The van der Waals surface area contributed by atoms with Gasteiger partial charge in [-0.2, -0.15) is 0 Å². The van der Waals surface area contributed by atoms with E-state index in [4.69, 9.17) is 16.3 Å². The Bertz CT molecular complexity index is 502. The predicted molar refractivity (Wildman–Crippen MR) is 81.0 cm³/mol. The van der Waals surface area contributed by atoms with Crippen LogP contribution in [0.15, 0.2) is 48.5 Å². The van der Waals surface area contributed by atoms with Gasteiger partial charge in [0, 0.05) is 12.3 Å². The molecule has 0 aromatic heterocycles. The van der Waals surface area contributed by atoms with Crippen molar-refractivity contribution >= 4 is 11.6 Å². The van der Waals surface area contributed by atoms with Crippen molar-refractivity contribution in [2.45, 2.75) is 32.3 Å². The van der Waals surface area contributed by atoms with Crippen molar-refractivity contribution in [3.8, 4) is 5.75 Å². The minimum absolute atomic E-state index is 0.157. The van der Waals surface area contributed by atoms with Crippen LogP contribution in [0, 0.1) is 6.92 Å². The number of ether oxygens (including phenoxy) is 1. The van der Waals surface area contributed by atoms with Crippen LogP contribution in [0.4, 0.5) is 0 Å². The number of halogens is 1. The first kappa shape index (κ1) is 14.0. The van der Waals surface area contributed by atoms with Gasteiger partial charge in [-0.25, -0.2) is 0 Å². The summed E-state index contributed by atoms with van der Waals surface area (Å²) < 4.78 is 5.90. The first-order chi connectivity index (χ1) is 9.17. The van der Waals surface area contributed by atoms with E-state index in [1.165, 1.54) is 11.1 Å². The number of alkyl halides is 1. The van der Waals surface area contributed by atoms with E-state index in [1.807, 2.05) is 12.1 Å². The van der Waals surface area contributed by atoms with Crippen LogP contribution in [0.25, 0.3) is 0 Å². The molecule has 0 saturated carbocycles. The molecular weight excluding hydrogens is 256 g/mol. The maximum atomic E-state index is 5.90. The Morgan fingerprint density at radius 2 is 1.53 bits per heavy atom. The molecule has 0 radical (unpaired) electrons. The quantitative estimate of drug-likeness (QED) is 0.716. The summed E-state index contributed by atoms with van der Waals surface area (Å²) in [6.45, 7) is 4.17. The number of benzene rings is 2. The largest absolute Gasteiger partial charge is 0.490 e. The van der Waals surface area contributed by atoms with Crippen LogP contribution in [-0.2, 0) is 12.3 Å². The fourth-order valence-corrected chi connectivity index (χ4v) is 2.17. The molecule has 0 bridgehead atoms. The van der Waals surface area contributed by atoms with Gasteiger partial charge in [0.25, 0.3) is 0 Å². The van der Waals surface area contributed by atoms with Gasteiger partial charge >= 0.3 is 0 Å². The molecule has 0 amide bonds. The number of hydrogen-bond donors (Lipinski definition) is 0. The lowest BCUT2D eigenvalue weighted by molar-refractivity contribution is 0.222. The second kappa shape index (κ2) is 6.63. The zero-order valence-corrected chi connectivity index (χ0v) is 12.2. The van der Waals surface area contributed by atoms with E-state index in [9.17, 15) is 0 Å². The predicted octanol–water partition coefficient (Wildman–Crippen LogP) is 4.74. The minimum Gasteiger partial charge on any atom is -0.490 e. The Balaban J connectivity index is 1.92. The molecule has 2 rings (SSSR count). The molecule has 100 valence electrons. The van der Waals surface area contributed by atoms with Gasteiger partial charge in [0.1, 0.15) is 5.75 Å². The molecule has 19 heavy (non-hydrogen) atoms. The van der Waals surface area contributed by atoms with Gasteiger partial charge in [0.15, 0.2) is 0 Å². The van der Waals surface area contributed by atoms with Crippen molar-refractivity contribution in [1.29, 1.82) is 0 Å².